The summed E-state index contributed by atoms with van der Waals surface area (Å²) < 4.78 is 15.9. The molecule has 4 rings (SSSR count). The molecule has 3 aromatic rings. The van der Waals surface area contributed by atoms with E-state index in [-0.39, 0.29) is 18.0 Å². The maximum atomic E-state index is 12.2. The molecule has 1 aliphatic rings. The number of amides is 1. The van der Waals surface area contributed by atoms with E-state index in [0.717, 1.165) is 5.56 Å². The minimum absolute atomic E-state index is 0.0750. The molecule has 1 saturated heterocycles. The van der Waals surface area contributed by atoms with Crippen LogP contribution in [0.25, 0.3) is 11.4 Å². The molecule has 0 bridgehead atoms. The quantitative estimate of drug-likeness (QED) is 0.606. The summed E-state index contributed by atoms with van der Waals surface area (Å²) in [6.45, 7) is 6.28. The SMILES string of the molecule is COc1cccc(-c2noc([C@H](C)Nc3nccc(N4C(=O)OC[C@@H]4C(C)C)n3)n2)c1. The Hall–Kier alpha value is -3.69. The molecule has 0 saturated carbocycles. The van der Waals surface area contributed by atoms with Crippen molar-refractivity contribution in [2.75, 3.05) is 23.9 Å². The maximum absolute atomic E-state index is 12.2. The molecule has 1 N–H and O–H groups in total. The molecule has 0 aliphatic carbocycles. The van der Waals surface area contributed by atoms with Crippen molar-refractivity contribution in [1.82, 2.24) is 20.1 Å². The van der Waals surface area contributed by atoms with Gasteiger partial charge >= 0.3 is 6.09 Å². The number of cyclic esters (lactones) is 1. The van der Waals surface area contributed by atoms with E-state index in [4.69, 9.17) is 14.0 Å². The lowest BCUT2D eigenvalue weighted by molar-refractivity contribution is 0.177. The van der Waals surface area contributed by atoms with Crippen LogP contribution in [0.5, 0.6) is 5.75 Å². The Kier molecular flexibility index (Phi) is 5.70. The van der Waals surface area contributed by atoms with E-state index in [1.165, 1.54) is 0 Å². The van der Waals surface area contributed by atoms with E-state index in [1.54, 1.807) is 24.3 Å². The van der Waals surface area contributed by atoms with Gasteiger partial charge in [-0.05, 0) is 31.0 Å². The highest BCUT2D eigenvalue weighted by Crippen LogP contribution is 2.27. The van der Waals surface area contributed by atoms with Crippen LogP contribution in [0.2, 0.25) is 0 Å². The van der Waals surface area contributed by atoms with Crippen molar-refractivity contribution in [2.45, 2.75) is 32.9 Å². The third-order valence-corrected chi connectivity index (χ3v) is 5.05. The van der Waals surface area contributed by atoms with Crippen LogP contribution in [0.15, 0.2) is 41.1 Å². The third-order valence-electron chi connectivity index (χ3n) is 5.05. The highest BCUT2D eigenvalue weighted by molar-refractivity contribution is 5.89. The van der Waals surface area contributed by atoms with Crippen LogP contribution in [0.1, 0.15) is 32.7 Å². The second kappa shape index (κ2) is 8.58. The van der Waals surface area contributed by atoms with Crippen LogP contribution in [0.3, 0.4) is 0 Å². The van der Waals surface area contributed by atoms with Crippen molar-refractivity contribution >= 4 is 17.9 Å². The smallest absolute Gasteiger partial charge is 0.415 e. The van der Waals surface area contributed by atoms with Crippen molar-refractivity contribution in [3.8, 4) is 17.1 Å². The monoisotopic (exact) mass is 424 g/mol. The molecule has 2 aromatic heterocycles. The fourth-order valence-electron chi connectivity index (χ4n) is 3.29. The van der Waals surface area contributed by atoms with Gasteiger partial charge in [-0.15, -0.1) is 0 Å². The number of hydrogen-bond donors (Lipinski definition) is 1. The van der Waals surface area contributed by atoms with Gasteiger partial charge in [0.25, 0.3) is 0 Å². The zero-order valence-corrected chi connectivity index (χ0v) is 17.8. The lowest BCUT2D eigenvalue weighted by Gasteiger charge is -2.23. The molecule has 162 valence electrons. The highest BCUT2D eigenvalue weighted by atomic mass is 16.6. The minimum Gasteiger partial charge on any atom is -0.497 e. The van der Waals surface area contributed by atoms with Gasteiger partial charge in [0.2, 0.25) is 17.7 Å². The van der Waals surface area contributed by atoms with Gasteiger partial charge in [0.15, 0.2) is 0 Å². The fourth-order valence-corrected chi connectivity index (χ4v) is 3.29. The number of aromatic nitrogens is 4. The van der Waals surface area contributed by atoms with Gasteiger partial charge in [0, 0.05) is 11.8 Å². The summed E-state index contributed by atoms with van der Waals surface area (Å²) in [5.74, 6) is 2.59. The summed E-state index contributed by atoms with van der Waals surface area (Å²) in [6, 6.07) is 8.67. The number of carbonyl (C=O) groups is 1. The molecule has 1 aliphatic heterocycles. The highest BCUT2D eigenvalue weighted by Gasteiger charge is 2.37. The Balaban J connectivity index is 1.51. The predicted molar refractivity (Wildman–Crippen MR) is 113 cm³/mol. The summed E-state index contributed by atoms with van der Waals surface area (Å²) in [5.41, 5.74) is 0.784. The van der Waals surface area contributed by atoms with Gasteiger partial charge in [-0.25, -0.2) is 9.78 Å². The van der Waals surface area contributed by atoms with Gasteiger partial charge in [-0.3, -0.25) is 4.90 Å². The number of anilines is 2. The van der Waals surface area contributed by atoms with Gasteiger partial charge < -0.3 is 19.3 Å². The van der Waals surface area contributed by atoms with Crippen LogP contribution >= 0.6 is 0 Å². The number of nitrogens with one attached hydrogen (secondary N) is 1. The number of hydrogen-bond acceptors (Lipinski definition) is 9. The minimum atomic E-state index is -0.406. The molecule has 0 radical (unpaired) electrons. The Morgan fingerprint density at radius 2 is 2.06 bits per heavy atom. The fraction of sp³-hybridized carbons (Fsp3) is 0.381. The van der Waals surface area contributed by atoms with E-state index < -0.39 is 6.09 Å². The van der Waals surface area contributed by atoms with E-state index >= 15 is 0 Å². The number of rotatable bonds is 7. The average molecular weight is 424 g/mol. The van der Waals surface area contributed by atoms with Gasteiger partial charge in [0.1, 0.15) is 24.2 Å². The van der Waals surface area contributed by atoms with Crippen LogP contribution < -0.4 is 15.0 Å². The van der Waals surface area contributed by atoms with Crippen molar-refractivity contribution in [1.29, 1.82) is 0 Å². The number of benzene rings is 1. The number of ether oxygens (including phenoxy) is 2. The molecular weight excluding hydrogens is 400 g/mol. The summed E-state index contributed by atoms with van der Waals surface area (Å²) in [4.78, 5) is 27.0. The summed E-state index contributed by atoms with van der Waals surface area (Å²) in [7, 11) is 1.60. The first kappa shape index (κ1) is 20.6. The number of carbonyl (C=O) groups excluding carboxylic acids is 1. The van der Waals surface area contributed by atoms with E-state index in [0.29, 0.717) is 35.8 Å². The van der Waals surface area contributed by atoms with Crippen LogP contribution in [-0.2, 0) is 4.74 Å². The second-order valence-corrected chi connectivity index (χ2v) is 7.55. The molecule has 1 aromatic carbocycles. The van der Waals surface area contributed by atoms with E-state index in [2.05, 4.69) is 25.4 Å². The molecule has 1 amide bonds. The Labute approximate surface area is 179 Å². The van der Waals surface area contributed by atoms with Crippen molar-refractivity contribution < 1.29 is 18.8 Å². The Morgan fingerprint density at radius 1 is 1.23 bits per heavy atom. The molecule has 0 unspecified atom stereocenters. The van der Waals surface area contributed by atoms with Crippen LogP contribution in [0, 0.1) is 5.92 Å². The Bertz CT molecular complexity index is 1070. The van der Waals surface area contributed by atoms with Gasteiger partial charge in [-0.2, -0.15) is 9.97 Å². The number of nitrogens with zero attached hydrogens (tertiary/aromatic N) is 5. The van der Waals surface area contributed by atoms with Gasteiger partial charge in [-0.1, -0.05) is 31.1 Å². The molecule has 0 spiro atoms. The predicted octanol–water partition coefficient (Wildman–Crippen LogP) is 3.69. The standard InChI is InChI=1S/C21H24N6O4/c1-12(2)16-11-30-21(28)27(16)17-8-9-22-20(24-17)23-13(3)19-25-18(26-31-19)14-6-5-7-15(10-14)29-4/h5-10,12-13,16H,11H2,1-4H3,(H,22,23,24)/t13-,16+/m0/s1. The first-order valence-electron chi connectivity index (χ1n) is 10.00. The van der Waals surface area contributed by atoms with Gasteiger partial charge in [0.05, 0.1) is 13.2 Å². The largest absolute Gasteiger partial charge is 0.497 e. The first-order chi connectivity index (χ1) is 15.0. The molecule has 10 heteroatoms. The van der Waals surface area contributed by atoms with E-state index in [9.17, 15) is 4.79 Å². The third kappa shape index (κ3) is 4.27. The molecule has 3 heterocycles. The first-order valence-corrected chi connectivity index (χ1v) is 10.00. The van der Waals surface area contributed by atoms with Crippen molar-refractivity contribution in [2.24, 2.45) is 5.92 Å². The average Bonchev–Trinajstić information content (AvgIpc) is 3.41. The topological polar surface area (TPSA) is 116 Å². The second-order valence-electron chi connectivity index (χ2n) is 7.55. The van der Waals surface area contributed by atoms with E-state index in [1.807, 2.05) is 45.0 Å². The maximum Gasteiger partial charge on any atom is 0.415 e. The lowest BCUT2D eigenvalue weighted by Crippen LogP contribution is -2.37. The van der Waals surface area contributed by atoms with Crippen LogP contribution in [-0.4, -0.2) is 46.0 Å². The Morgan fingerprint density at radius 3 is 2.84 bits per heavy atom. The summed E-state index contributed by atoms with van der Waals surface area (Å²) in [6.07, 6.45) is 1.19. The molecule has 1 fully saturated rings. The molecule has 10 nitrogen and oxygen atoms in total. The molecular formula is C21H24N6O4. The van der Waals surface area contributed by atoms with Crippen molar-refractivity contribution in [3.05, 3.63) is 42.4 Å². The molecule has 2 atom stereocenters. The van der Waals surface area contributed by atoms with Crippen molar-refractivity contribution in [3.63, 3.8) is 0 Å². The molecule has 31 heavy (non-hydrogen) atoms. The normalized spacial score (nSPS) is 17.0. The lowest BCUT2D eigenvalue weighted by atomic mass is 10.0. The summed E-state index contributed by atoms with van der Waals surface area (Å²) >= 11 is 0. The zero-order chi connectivity index (χ0) is 22.0. The van der Waals surface area contributed by atoms with Crippen LogP contribution in [0.4, 0.5) is 16.6 Å². The zero-order valence-electron chi connectivity index (χ0n) is 17.8. The summed E-state index contributed by atoms with van der Waals surface area (Å²) in [5, 5.41) is 7.20. The number of methoxy groups -OCH3 is 1.